The van der Waals surface area contributed by atoms with Gasteiger partial charge in [-0.2, -0.15) is 0 Å². The number of pyridine rings is 1. The van der Waals surface area contributed by atoms with Crippen LogP contribution in [0.15, 0.2) is 35.3 Å². The minimum absolute atomic E-state index is 0.0877. The van der Waals surface area contributed by atoms with Gasteiger partial charge in [-0.15, -0.1) is 11.8 Å². The van der Waals surface area contributed by atoms with Crippen molar-refractivity contribution in [3.8, 4) is 0 Å². The van der Waals surface area contributed by atoms with E-state index in [-0.39, 0.29) is 17.5 Å². The number of nitrogens with zero attached hydrogens (tertiary/aromatic N) is 3. The molecule has 1 aromatic heterocycles. The quantitative estimate of drug-likeness (QED) is 0.118. The van der Waals surface area contributed by atoms with E-state index in [0.717, 1.165) is 46.7 Å². The highest BCUT2D eigenvalue weighted by Gasteiger charge is 2.73. The van der Waals surface area contributed by atoms with Gasteiger partial charge in [-0.05, 0) is 26.8 Å². The number of hydrogen-bond donors (Lipinski definition) is 2. The van der Waals surface area contributed by atoms with Crippen molar-refractivity contribution >= 4 is 52.1 Å². The number of aliphatic carboxylic acids is 1. The number of nitro benzene ring substituents is 1. The molecule has 0 saturated carbocycles. The Kier molecular flexibility index (Phi) is 6.69. The molecule has 0 spiro atoms. The fourth-order valence-electron chi connectivity index (χ4n) is 4.89. The molecule has 2 aromatic rings. The van der Waals surface area contributed by atoms with Crippen molar-refractivity contribution in [1.29, 1.82) is 0 Å². The Morgan fingerprint density at radius 2 is 1.95 bits per heavy atom. The van der Waals surface area contributed by atoms with Crippen LogP contribution in [0.1, 0.15) is 26.8 Å². The predicted molar refractivity (Wildman–Crippen MR) is 132 cm³/mol. The number of nitrogens with one attached hydrogen (secondary N) is 1. The highest BCUT2D eigenvalue weighted by Crippen LogP contribution is 2.55. The van der Waals surface area contributed by atoms with Gasteiger partial charge in [0.25, 0.3) is 23.2 Å². The number of ether oxygens (including phenoxy) is 2. The Balaban J connectivity index is 1.79. The summed E-state index contributed by atoms with van der Waals surface area (Å²) in [6.45, 7) is 4.68. The number of aromatic nitrogens is 1. The van der Waals surface area contributed by atoms with Crippen LogP contribution in [0.25, 0.3) is 10.9 Å². The third kappa shape index (κ3) is 3.89. The van der Waals surface area contributed by atoms with Crippen LogP contribution in [0.2, 0.25) is 0 Å². The Morgan fingerprint density at radius 3 is 2.53 bits per heavy atom. The van der Waals surface area contributed by atoms with Gasteiger partial charge in [0.05, 0.1) is 17.0 Å². The van der Waals surface area contributed by atoms with Crippen LogP contribution in [0, 0.1) is 10.1 Å². The molecule has 2 unspecified atom stereocenters. The summed E-state index contributed by atoms with van der Waals surface area (Å²) in [4.78, 5) is 76.2. The number of non-ortho nitro benzene ring substituents is 1. The summed E-state index contributed by atoms with van der Waals surface area (Å²) in [6.07, 6.45) is 1.12. The maximum Gasteiger partial charge on any atom is 0.339 e. The first-order valence-electron chi connectivity index (χ1n) is 11.4. The molecule has 0 bridgehead atoms. The molecule has 2 saturated heterocycles. The van der Waals surface area contributed by atoms with Gasteiger partial charge in [0, 0.05) is 30.2 Å². The van der Waals surface area contributed by atoms with E-state index in [0.29, 0.717) is 0 Å². The molecule has 4 rings (SSSR count). The van der Waals surface area contributed by atoms with E-state index in [1.54, 1.807) is 13.8 Å². The minimum atomic E-state index is -1.99. The molecule has 1 aromatic carbocycles. The number of carbonyl (C=O) groups excluding carboxylic acids is 3. The maximum atomic E-state index is 13.7. The van der Waals surface area contributed by atoms with Crippen LogP contribution in [0.5, 0.6) is 0 Å². The second-order valence-electron chi connectivity index (χ2n) is 9.13. The SMILES string of the molecule is CCOC(=O)C(C(=O)NC1(OC)C(=O)N2[C@@H](C(=O)O)C(C)(C)S[C@@H]21)n1ccc(=O)c2c([N+](=O)[O-])cccc21. The van der Waals surface area contributed by atoms with Gasteiger partial charge in [0.1, 0.15) is 16.8 Å². The molecular formula is C23H24N4O10S. The number of fused-ring (bicyclic) bond motifs is 2. The molecule has 2 fully saturated rings. The molecule has 2 N–H and O–H groups in total. The number of carboxylic acid groups (broad SMARTS) is 1. The van der Waals surface area contributed by atoms with E-state index in [1.165, 1.54) is 19.1 Å². The van der Waals surface area contributed by atoms with Crippen molar-refractivity contribution in [2.45, 2.75) is 48.7 Å². The van der Waals surface area contributed by atoms with E-state index in [2.05, 4.69) is 5.32 Å². The third-order valence-corrected chi connectivity index (χ3v) is 8.15. The lowest BCUT2D eigenvalue weighted by atomic mass is 9.93. The molecule has 4 atom stereocenters. The van der Waals surface area contributed by atoms with E-state index in [4.69, 9.17) is 9.47 Å². The van der Waals surface area contributed by atoms with Crippen molar-refractivity contribution in [1.82, 2.24) is 14.8 Å². The molecule has 202 valence electrons. The summed E-state index contributed by atoms with van der Waals surface area (Å²) >= 11 is 1.11. The summed E-state index contributed by atoms with van der Waals surface area (Å²) in [5, 5.41) is 22.4. The van der Waals surface area contributed by atoms with Gasteiger partial charge in [0.2, 0.25) is 6.04 Å². The zero-order valence-electron chi connectivity index (χ0n) is 20.7. The van der Waals surface area contributed by atoms with Crippen LogP contribution >= 0.6 is 11.8 Å². The van der Waals surface area contributed by atoms with Crippen molar-refractivity contribution < 1.29 is 38.7 Å². The number of methoxy groups -OCH3 is 1. The van der Waals surface area contributed by atoms with Gasteiger partial charge in [-0.1, -0.05) is 6.07 Å². The topological polar surface area (TPSA) is 187 Å². The maximum absolute atomic E-state index is 13.7. The number of rotatable bonds is 8. The Bertz CT molecular complexity index is 1440. The fraction of sp³-hybridized carbons (Fsp3) is 0.435. The number of hydrogen-bond acceptors (Lipinski definition) is 10. The average Bonchev–Trinajstić information content (AvgIpc) is 3.12. The molecule has 3 heterocycles. The summed E-state index contributed by atoms with van der Waals surface area (Å²) in [7, 11) is 1.16. The van der Waals surface area contributed by atoms with Gasteiger partial charge < -0.3 is 29.4 Å². The molecule has 2 aliphatic heterocycles. The lowest BCUT2D eigenvalue weighted by Crippen LogP contribution is -2.80. The number of carbonyl (C=O) groups is 4. The van der Waals surface area contributed by atoms with Gasteiger partial charge in [-0.3, -0.25) is 24.5 Å². The summed E-state index contributed by atoms with van der Waals surface area (Å²) in [5.41, 5.74) is -3.30. The van der Waals surface area contributed by atoms with Crippen molar-refractivity contribution in [3.05, 3.63) is 50.8 Å². The van der Waals surface area contributed by atoms with Crippen LogP contribution in [-0.2, 0) is 28.7 Å². The van der Waals surface area contributed by atoms with E-state index >= 15 is 0 Å². The lowest BCUT2D eigenvalue weighted by molar-refractivity contribution is -0.383. The second-order valence-corrected chi connectivity index (χ2v) is 10.9. The molecule has 2 amide bonds. The lowest BCUT2D eigenvalue weighted by Gasteiger charge is -2.51. The highest BCUT2D eigenvalue weighted by molar-refractivity contribution is 8.01. The van der Waals surface area contributed by atoms with Crippen LogP contribution in [-0.4, -0.2) is 78.9 Å². The Labute approximate surface area is 219 Å². The number of esters is 1. The second kappa shape index (κ2) is 9.40. The number of thioether (sulfide) groups is 1. The number of carboxylic acids is 1. The number of nitro groups is 1. The number of benzene rings is 1. The van der Waals surface area contributed by atoms with Crippen LogP contribution in [0.3, 0.4) is 0 Å². The first kappa shape index (κ1) is 27.1. The van der Waals surface area contributed by atoms with E-state index in [1.807, 2.05) is 0 Å². The van der Waals surface area contributed by atoms with Crippen molar-refractivity contribution in [3.63, 3.8) is 0 Å². The zero-order chi connectivity index (χ0) is 28.2. The summed E-state index contributed by atoms with van der Waals surface area (Å²) < 4.78 is 10.6. The molecule has 15 heteroatoms. The Morgan fingerprint density at radius 1 is 1.26 bits per heavy atom. The Hall–Kier alpha value is -3.98. The largest absolute Gasteiger partial charge is 0.480 e. The molecule has 38 heavy (non-hydrogen) atoms. The van der Waals surface area contributed by atoms with Gasteiger partial charge in [0.15, 0.2) is 5.43 Å². The third-order valence-electron chi connectivity index (χ3n) is 6.53. The zero-order valence-corrected chi connectivity index (χ0v) is 21.5. The number of β-lactam (4-membered cyclic amide) rings is 1. The van der Waals surface area contributed by atoms with Crippen molar-refractivity contribution in [2.75, 3.05) is 13.7 Å². The highest BCUT2D eigenvalue weighted by atomic mass is 32.2. The summed E-state index contributed by atoms with van der Waals surface area (Å²) in [6, 6.07) is 1.72. The molecular weight excluding hydrogens is 524 g/mol. The van der Waals surface area contributed by atoms with Gasteiger partial charge >= 0.3 is 11.9 Å². The first-order chi connectivity index (χ1) is 17.8. The minimum Gasteiger partial charge on any atom is -0.480 e. The summed E-state index contributed by atoms with van der Waals surface area (Å²) in [5.74, 6) is -4.15. The molecule has 0 radical (unpaired) electrons. The molecule has 2 aliphatic rings. The first-order valence-corrected chi connectivity index (χ1v) is 12.3. The monoisotopic (exact) mass is 548 g/mol. The molecule has 14 nitrogen and oxygen atoms in total. The predicted octanol–water partition coefficient (Wildman–Crippen LogP) is 0.620. The van der Waals surface area contributed by atoms with Gasteiger partial charge in [-0.25, -0.2) is 9.59 Å². The normalized spacial score (nSPS) is 24.3. The average molecular weight is 549 g/mol. The van der Waals surface area contributed by atoms with Crippen molar-refractivity contribution in [2.24, 2.45) is 0 Å². The van der Waals surface area contributed by atoms with Crippen LogP contribution in [0.4, 0.5) is 5.69 Å². The van der Waals surface area contributed by atoms with E-state index in [9.17, 15) is 39.2 Å². The van der Waals surface area contributed by atoms with E-state index < -0.39 is 67.7 Å². The number of amides is 2. The standard InChI is InChI=1S/C23H24N4O10S/c1-5-37-19(32)15(25-10-9-13(28)14-11(25)7-6-8-12(14)27(34)35)17(29)24-23(36-4)20(33)26-16(18(30)31)22(2,3)38-21(23)26/h6-10,15-16,21H,5H2,1-4H3,(H,24,29)(H,30,31)/t15?,16-,21+,23?/m0/s1. The smallest absolute Gasteiger partial charge is 0.339 e. The molecule has 0 aliphatic carbocycles. The fourth-order valence-corrected chi connectivity index (χ4v) is 6.56. The van der Waals surface area contributed by atoms with Crippen LogP contribution < -0.4 is 10.7 Å².